The number of hydrogen-bond donors (Lipinski definition) is 3. The average molecular weight is 395 g/mol. The number of carbonyl (C=O) groups excluding carboxylic acids is 2. The van der Waals surface area contributed by atoms with Crippen LogP contribution in [0, 0.1) is 13.8 Å². The van der Waals surface area contributed by atoms with Gasteiger partial charge in [0.1, 0.15) is 6.54 Å². The number of carbonyl (C=O) groups is 2. The Morgan fingerprint density at radius 1 is 0.862 bits per heavy atom. The third-order valence-corrected chi connectivity index (χ3v) is 5.71. The smallest absolute Gasteiger partial charge is 0.251 e. The molecule has 5 heteroatoms. The third-order valence-electron chi connectivity index (χ3n) is 5.71. The van der Waals surface area contributed by atoms with Crippen LogP contribution in [0.3, 0.4) is 0 Å². The van der Waals surface area contributed by atoms with E-state index in [-0.39, 0.29) is 18.4 Å². The molecule has 1 heterocycles. The highest BCUT2D eigenvalue weighted by molar-refractivity contribution is 5.96. The summed E-state index contributed by atoms with van der Waals surface area (Å²) in [6, 6.07) is 14.0. The Balaban J connectivity index is 1.40. The van der Waals surface area contributed by atoms with Gasteiger partial charge in [0.15, 0.2) is 0 Å². The summed E-state index contributed by atoms with van der Waals surface area (Å²) in [6.45, 7) is 8.04. The van der Waals surface area contributed by atoms with E-state index >= 15 is 0 Å². The third kappa shape index (κ3) is 6.43. The fourth-order valence-electron chi connectivity index (χ4n) is 3.70. The summed E-state index contributed by atoms with van der Waals surface area (Å²) in [6.07, 6.45) is 4.03. The molecule has 1 aliphatic heterocycles. The molecule has 3 rings (SSSR count). The molecule has 0 aliphatic carbocycles. The molecule has 0 atom stereocenters. The van der Waals surface area contributed by atoms with Crippen LogP contribution in [-0.2, 0) is 17.9 Å². The Hall–Kier alpha value is -2.66. The predicted octanol–water partition coefficient (Wildman–Crippen LogP) is 1.92. The normalized spacial score (nSPS) is 14.4. The minimum absolute atomic E-state index is 0.0256. The topological polar surface area (TPSA) is 62.6 Å². The molecule has 29 heavy (non-hydrogen) atoms. The average Bonchev–Trinajstić information content (AvgIpc) is 2.74. The van der Waals surface area contributed by atoms with E-state index in [0.29, 0.717) is 12.1 Å². The lowest BCUT2D eigenvalue weighted by Gasteiger charge is -2.23. The highest BCUT2D eigenvalue weighted by Crippen LogP contribution is 2.09. The van der Waals surface area contributed by atoms with Crippen molar-refractivity contribution in [3.05, 3.63) is 70.3 Å². The summed E-state index contributed by atoms with van der Waals surface area (Å²) in [5, 5.41) is 5.55. The van der Waals surface area contributed by atoms with Gasteiger partial charge in [0.2, 0.25) is 5.91 Å². The van der Waals surface area contributed by atoms with Gasteiger partial charge >= 0.3 is 0 Å². The largest absolute Gasteiger partial charge is 0.350 e. The van der Waals surface area contributed by atoms with Crippen molar-refractivity contribution in [1.29, 1.82) is 0 Å². The molecule has 2 amide bonds. The van der Waals surface area contributed by atoms with Gasteiger partial charge in [-0.1, -0.05) is 30.3 Å². The molecular formula is C24H32N3O2+. The van der Waals surface area contributed by atoms with Crippen molar-refractivity contribution in [2.45, 2.75) is 46.2 Å². The van der Waals surface area contributed by atoms with Crippen LogP contribution in [0.15, 0.2) is 42.5 Å². The number of rotatable bonds is 7. The standard InChI is InChI=1S/C24H31N3O2/c1-18-6-11-22(14-19(18)2)24(29)26-16-23(28)25-15-20-7-9-21(10-8-20)17-27-12-4-3-5-13-27/h6-11,14H,3-5,12-13,15-17H2,1-2H3,(H,25,28)(H,26,29)/p+1. The quantitative estimate of drug-likeness (QED) is 0.672. The van der Waals surface area contributed by atoms with Gasteiger partial charge in [-0.15, -0.1) is 0 Å². The zero-order valence-corrected chi connectivity index (χ0v) is 17.5. The van der Waals surface area contributed by atoms with E-state index in [9.17, 15) is 9.59 Å². The fourth-order valence-corrected chi connectivity index (χ4v) is 3.70. The van der Waals surface area contributed by atoms with Gasteiger partial charge in [-0.25, -0.2) is 0 Å². The molecule has 0 spiro atoms. The molecule has 0 unspecified atom stereocenters. The summed E-state index contributed by atoms with van der Waals surface area (Å²) < 4.78 is 0. The lowest BCUT2D eigenvalue weighted by Crippen LogP contribution is -3.11. The van der Waals surface area contributed by atoms with Gasteiger partial charge in [-0.05, 0) is 61.9 Å². The zero-order chi connectivity index (χ0) is 20.6. The van der Waals surface area contributed by atoms with Crippen LogP contribution in [0.2, 0.25) is 0 Å². The monoisotopic (exact) mass is 394 g/mol. The van der Waals surface area contributed by atoms with E-state index in [2.05, 4.69) is 34.9 Å². The van der Waals surface area contributed by atoms with Crippen molar-refractivity contribution in [1.82, 2.24) is 10.6 Å². The molecule has 0 aromatic heterocycles. The maximum absolute atomic E-state index is 12.2. The van der Waals surface area contributed by atoms with E-state index in [0.717, 1.165) is 23.2 Å². The number of hydrogen-bond acceptors (Lipinski definition) is 2. The van der Waals surface area contributed by atoms with Crippen molar-refractivity contribution in [3.8, 4) is 0 Å². The van der Waals surface area contributed by atoms with Gasteiger partial charge in [0.25, 0.3) is 5.91 Å². The summed E-state index contributed by atoms with van der Waals surface area (Å²) in [5.41, 5.74) is 5.19. The van der Waals surface area contributed by atoms with Crippen molar-refractivity contribution in [2.24, 2.45) is 0 Å². The van der Waals surface area contributed by atoms with Crippen molar-refractivity contribution in [2.75, 3.05) is 19.6 Å². The Kier molecular flexibility index (Phi) is 7.42. The Morgan fingerprint density at radius 3 is 2.24 bits per heavy atom. The maximum atomic E-state index is 12.2. The number of likely N-dealkylation sites (tertiary alicyclic amines) is 1. The highest BCUT2D eigenvalue weighted by Gasteiger charge is 2.14. The first kappa shape index (κ1) is 21.1. The molecule has 0 saturated carbocycles. The molecule has 1 fully saturated rings. The first-order chi connectivity index (χ1) is 14.0. The Labute approximate surface area is 173 Å². The van der Waals surface area contributed by atoms with Crippen LogP contribution < -0.4 is 15.5 Å². The van der Waals surface area contributed by atoms with E-state index in [4.69, 9.17) is 0 Å². The molecule has 2 aromatic rings. The predicted molar refractivity (Wildman–Crippen MR) is 115 cm³/mol. The number of aryl methyl sites for hydroxylation is 2. The molecule has 0 radical (unpaired) electrons. The Bertz CT molecular complexity index is 840. The number of amides is 2. The molecule has 1 saturated heterocycles. The zero-order valence-electron chi connectivity index (χ0n) is 17.5. The molecule has 154 valence electrons. The minimum atomic E-state index is -0.229. The summed E-state index contributed by atoms with van der Waals surface area (Å²) in [5.74, 6) is -0.420. The van der Waals surface area contributed by atoms with Crippen LogP contribution in [0.5, 0.6) is 0 Å². The van der Waals surface area contributed by atoms with Crippen LogP contribution in [0.4, 0.5) is 0 Å². The number of piperidine rings is 1. The molecule has 1 aliphatic rings. The van der Waals surface area contributed by atoms with Gasteiger partial charge in [0, 0.05) is 17.7 Å². The van der Waals surface area contributed by atoms with E-state index in [1.165, 1.54) is 37.9 Å². The fraction of sp³-hybridized carbons (Fsp3) is 0.417. The van der Waals surface area contributed by atoms with Crippen LogP contribution in [0.25, 0.3) is 0 Å². The van der Waals surface area contributed by atoms with Crippen LogP contribution >= 0.6 is 0 Å². The first-order valence-corrected chi connectivity index (χ1v) is 10.5. The lowest BCUT2D eigenvalue weighted by molar-refractivity contribution is -0.918. The molecule has 5 nitrogen and oxygen atoms in total. The second kappa shape index (κ2) is 10.2. The SMILES string of the molecule is Cc1ccc(C(=O)NCC(=O)NCc2ccc(C[NH+]3CCCCC3)cc2)cc1C. The molecular weight excluding hydrogens is 362 g/mol. The minimum Gasteiger partial charge on any atom is -0.350 e. The van der Waals surface area contributed by atoms with Crippen molar-refractivity contribution >= 4 is 11.8 Å². The highest BCUT2D eigenvalue weighted by atomic mass is 16.2. The van der Waals surface area contributed by atoms with Crippen molar-refractivity contribution in [3.63, 3.8) is 0 Å². The summed E-state index contributed by atoms with van der Waals surface area (Å²) >= 11 is 0. The Morgan fingerprint density at radius 2 is 1.55 bits per heavy atom. The molecule has 3 N–H and O–H groups in total. The first-order valence-electron chi connectivity index (χ1n) is 10.5. The summed E-state index contributed by atoms with van der Waals surface area (Å²) in [7, 11) is 0. The van der Waals surface area contributed by atoms with E-state index < -0.39 is 0 Å². The second-order valence-electron chi connectivity index (χ2n) is 8.06. The van der Waals surface area contributed by atoms with Crippen LogP contribution in [0.1, 0.15) is 51.9 Å². The number of quaternary nitrogens is 1. The lowest BCUT2D eigenvalue weighted by atomic mass is 10.1. The second-order valence-corrected chi connectivity index (χ2v) is 8.06. The van der Waals surface area contributed by atoms with Gasteiger partial charge < -0.3 is 15.5 Å². The number of benzene rings is 2. The van der Waals surface area contributed by atoms with Crippen LogP contribution in [-0.4, -0.2) is 31.4 Å². The van der Waals surface area contributed by atoms with Gasteiger partial charge in [0.05, 0.1) is 19.6 Å². The van der Waals surface area contributed by atoms with Crippen molar-refractivity contribution < 1.29 is 14.5 Å². The van der Waals surface area contributed by atoms with Gasteiger partial charge in [-0.2, -0.15) is 0 Å². The molecule has 2 aromatic carbocycles. The number of nitrogens with one attached hydrogen (secondary N) is 3. The maximum Gasteiger partial charge on any atom is 0.251 e. The summed E-state index contributed by atoms with van der Waals surface area (Å²) in [4.78, 5) is 25.9. The van der Waals surface area contributed by atoms with Gasteiger partial charge in [-0.3, -0.25) is 9.59 Å². The molecule has 0 bridgehead atoms. The van der Waals surface area contributed by atoms with E-state index in [1.54, 1.807) is 11.0 Å². The van der Waals surface area contributed by atoms with E-state index in [1.807, 2.05) is 26.0 Å².